The van der Waals surface area contributed by atoms with Crippen LogP contribution in [0.2, 0.25) is 0 Å². The summed E-state index contributed by atoms with van der Waals surface area (Å²) in [4.78, 5) is 17.8. The van der Waals surface area contributed by atoms with Gasteiger partial charge in [0.1, 0.15) is 12.4 Å². The summed E-state index contributed by atoms with van der Waals surface area (Å²) in [5.41, 5.74) is 0.566. The molecule has 0 radical (unpaired) electrons. The number of likely N-dealkylation sites (tertiary alicyclic amines) is 1. The minimum Gasteiger partial charge on any atom is -0.491 e. The fourth-order valence-corrected chi connectivity index (χ4v) is 2.24. The van der Waals surface area contributed by atoms with Crippen LogP contribution < -0.4 is 4.74 Å². The standard InChI is InChI=1S/C14H20N2O2/c1-12(17)13-11-15-6-5-14(13)18-10-9-16-7-3-2-4-8-16/h5-6,11H,2-4,7-10H2,1H3. The number of ether oxygens (including phenoxy) is 1. The van der Waals surface area contributed by atoms with Crippen LogP contribution in [0, 0.1) is 0 Å². The van der Waals surface area contributed by atoms with Crippen LogP contribution in [0.3, 0.4) is 0 Å². The lowest BCUT2D eigenvalue weighted by molar-refractivity contribution is 0.101. The third kappa shape index (κ3) is 3.53. The summed E-state index contributed by atoms with van der Waals surface area (Å²) in [6.45, 7) is 5.43. The van der Waals surface area contributed by atoms with E-state index in [1.54, 1.807) is 18.5 Å². The van der Waals surface area contributed by atoms with Gasteiger partial charge in [0.15, 0.2) is 5.78 Å². The molecule has 0 saturated carbocycles. The molecular formula is C14H20N2O2. The molecule has 1 aliphatic rings. The number of hydrogen-bond acceptors (Lipinski definition) is 4. The van der Waals surface area contributed by atoms with Crippen LogP contribution in [0.25, 0.3) is 0 Å². The number of nitrogens with zero attached hydrogens (tertiary/aromatic N) is 2. The van der Waals surface area contributed by atoms with Gasteiger partial charge in [0, 0.05) is 18.9 Å². The third-order valence-corrected chi connectivity index (χ3v) is 3.27. The molecule has 4 heteroatoms. The minimum absolute atomic E-state index is 0.00364. The van der Waals surface area contributed by atoms with Crippen LogP contribution >= 0.6 is 0 Å². The minimum atomic E-state index is -0.00364. The molecule has 0 amide bonds. The van der Waals surface area contributed by atoms with Crippen molar-refractivity contribution in [3.05, 3.63) is 24.0 Å². The zero-order valence-corrected chi connectivity index (χ0v) is 10.9. The average molecular weight is 248 g/mol. The number of rotatable bonds is 5. The Labute approximate surface area is 108 Å². The van der Waals surface area contributed by atoms with Crippen molar-refractivity contribution in [3.8, 4) is 5.75 Å². The van der Waals surface area contributed by atoms with E-state index in [4.69, 9.17) is 4.74 Å². The number of pyridine rings is 1. The molecule has 1 saturated heterocycles. The Hall–Kier alpha value is -1.42. The molecule has 0 N–H and O–H groups in total. The molecule has 2 rings (SSSR count). The first-order valence-corrected chi connectivity index (χ1v) is 6.57. The first kappa shape index (κ1) is 13.0. The number of carbonyl (C=O) groups excluding carboxylic acids is 1. The Morgan fingerprint density at radius 2 is 2.17 bits per heavy atom. The molecule has 0 aromatic carbocycles. The van der Waals surface area contributed by atoms with Gasteiger partial charge in [-0.05, 0) is 38.9 Å². The van der Waals surface area contributed by atoms with Gasteiger partial charge in [-0.25, -0.2) is 0 Å². The summed E-state index contributed by atoms with van der Waals surface area (Å²) in [6.07, 6.45) is 7.14. The van der Waals surface area contributed by atoms with E-state index in [1.165, 1.54) is 39.3 Å². The highest BCUT2D eigenvalue weighted by Gasteiger charge is 2.11. The van der Waals surface area contributed by atoms with Gasteiger partial charge in [-0.2, -0.15) is 0 Å². The Morgan fingerprint density at radius 1 is 1.39 bits per heavy atom. The van der Waals surface area contributed by atoms with Gasteiger partial charge in [-0.15, -0.1) is 0 Å². The monoisotopic (exact) mass is 248 g/mol. The van der Waals surface area contributed by atoms with E-state index in [-0.39, 0.29) is 5.78 Å². The molecule has 0 bridgehead atoms. The number of ketones is 1. The maximum absolute atomic E-state index is 11.4. The van der Waals surface area contributed by atoms with Gasteiger partial charge in [0.2, 0.25) is 0 Å². The lowest BCUT2D eigenvalue weighted by Gasteiger charge is -2.26. The van der Waals surface area contributed by atoms with Crippen molar-refractivity contribution in [2.75, 3.05) is 26.2 Å². The summed E-state index contributed by atoms with van der Waals surface area (Å²) in [6, 6.07) is 1.76. The van der Waals surface area contributed by atoms with Crippen molar-refractivity contribution in [1.29, 1.82) is 0 Å². The van der Waals surface area contributed by atoms with E-state index >= 15 is 0 Å². The van der Waals surface area contributed by atoms with Gasteiger partial charge in [-0.3, -0.25) is 14.7 Å². The molecule has 0 spiro atoms. The Kier molecular flexibility index (Phi) is 4.70. The number of aromatic nitrogens is 1. The largest absolute Gasteiger partial charge is 0.491 e. The van der Waals surface area contributed by atoms with E-state index in [0.29, 0.717) is 17.9 Å². The Balaban J connectivity index is 1.84. The van der Waals surface area contributed by atoms with Crippen molar-refractivity contribution in [2.24, 2.45) is 0 Å². The normalized spacial score (nSPS) is 16.5. The molecule has 0 atom stereocenters. The molecule has 4 nitrogen and oxygen atoms in total. The summed E-state index contributed by atoms with van der Waals surface area (Å²) in [7, 11) is 0. The average Bonchev–Trinajstić information content (AvgIpc) is 2.40. The second-order valence-corrected chi connectivity index (χ2v) is 4.68. The first-order valence-electron chi connectivity index (χ1n) is 6.57. The van der Waals surface area contributed by atoms with Crippen molar-refractivity contribution in [2.45, 2.75) is 26.2 Å². The van der Waals surface area contributed by atoms with Crippen LogP contribution in [-0.4, -0.2) is 41.9 Å². The van der Waals surface area contributed by atoms with E-state index in [1.807, 2.05) is 0 Å². The second kappa shape index (κ2) is 6.50. The van der Waals surface area contributed by atoms with Crippen molar-refractivity contribution >= 4 is 5.78 Å². The molecule has 0 unspecified atom stereocenters. The van der Waals surface area contributed by atoms with E-state index in [0.717, 1.165) is 6.54 Å². The highest BCUT2D eigenvalue weighted by Crippen LogP contribution is 2.17. The fourth-order valence-electron chi connectivity index (χ4n) is 2.24. The fraction of sp³-hybridized carbons (Fsp3) is 0.571. The summed E-state index contributed by atoms with van der Waals surface area (Å²) in [5.74, 6) is 0.644. The van der Waals surface area contributed by atoms with Crippen molar-refractivity contribution in [1.82, 2.24) is 9.88 Å². The van der Waals surface area contributed by atoms with Crippen LogP contribution in [0.1, 0.15) is 36.5 Å². The van der Waals surface area contributed by atoms with Crippen LogP contribution in [0.5, 0.6) is 5.75 Å². The molecular weight excluding hydrogens is 228 g/mol. The quantitative estimate of drug-likeness (QED) is 0.749. The molecule has 98 valence electrons. The third-order valence-electron chi connectivity index (χ3n) is 3.27. The van der Waals surface area contributed by atoms with Gasteiger partial charge in [0.05, 0.1) is 5.56 Å². The maximum Gasteiger partial charge on any atom is 0.165 e. The van der Waals surface area contributed by atoms with Gasteiger partial charge in [0.25, 0.3) is 0 Å². The highest BCUT2D eigenvalue weighted by atomic mass is 16.5. The lowest BCUT2D eigenvalue weighted by atomic mass is 10.1. The zero-order valence-electron chi connectivity index (χ0n) is 10.9. The predicted molar refractivity (Wildman–Crippen MR) is 70.0 cm³/mol. The molecule has 18 heavy (non-hydrogen) atoms. The topological polar surface area (TPSA) is 42.4 Å². The van der Waals surface area contributed by atoms with Crippen molar-refractivity contribution in [3.63, 3.8) is 0 Å². The Morgan fingerprint density at radius 3 is 2.89 bits per heavy atom. The van der Waals surface area contributed by atoms with Gasteiger partial charge < -0.3 is 4.74 Å². The molecule has 2 heterocycles. The summed E-state index contributed by atoms with van der Waals surface area (Å²) < 4.78 is 5.70. The van der Waals surface area contributed by atoms with E-state index in [2.05, 4.69) is 9.88 Å². The first-order chi connectivity index (χ1) is 8.77. The van der Waals surface area contributed by atoms with Crippen LogP contribution in [-0.2, 0) is 0 Å². The number of Topliss-reactive ketones (excluding diaryl/α,β-unsaturated/α-hetero) is 1. The predicted octanol–water partition coefficient (Wildman–Crippen LogP) is 2.15. The van der Waals surface area contributed by atoms with Gasteiger partial charge >= 0.3 is 0 Å². The molecule has 0 aliphatic carbocycles. The summed E-state index contributed by atoms with van der Waals surface area (Å²) >= 11 is 0. The van der Waals surface area contributed by atoms with E-state index < -0.39 is 0 Å². The number of hydrogen-bond donors (Lipinski definition) is 0. The number of carbonyl (C=O) groups is 1. The SMILES string of the molecule is CC(=O)c1cnccc1OCCN1CCCCC1. The zero-order chi connectivity index (χ0) is 12.8. The molecule has 1 aromatic heterocycles. The van der Waals surface area contributed by atoms with Crippen LogP contribution in [0.15, 0.2) is 18.5 Å². The van der Waals surface area contributed by atoms with E-state index in [9.17, 15) is 4.79 Å². The maximum atomic E-state index is 11.4. The molecule has 1 aromatic rings. The van der Waals surface area contributed by atoms with Crippen molar-refractivity contribution < 1.29 is 9.53 Å². The summed E-state index contributed by atoms with van der Waals surface area (Å²) in [5, 5.41) is 0. The van der Waals surface area contributed by atoms with Gasteiger partial charge in [-0.1, -0.05) is 6.42 Å². The molecule has 1 aliphatic heterocycles. The molecule has 1 fully saturated rings. The number of piperidine rings is 1. The smallest absolute Gasteiger partial charge is 0.165 e. The Bertz CT molecular complexity index is 401. The van der Waals surface area contributed by atoms with Crippen LogP contribution in [0.4, 0.5) is 0 Å². The highest BCUT2D eigenvalue weighted by molar-refractivity contribution is 5.96. The lowest BCUT2D eigenvalue weighted by Crippen LogP contribution is -2.33. The second-order valence-electron chi connectivity index (χ2n) is 4.68.